The average molecular weight is 354 g/mol. The standard InChI is InChI=1S/C20H22N2O4/c1-14(19(23)21-22-20(24)18-8-5-13-25-18)26-17-11-9-16(10-12-17)15-6-3-2-4-7-15/h2-4,6-7,9-12,14,18H,5,8,13H2,1H3,(H,21,23)(H,22,24). The number of amides is 2. The van der Waals surface area contributed by atoms with Gasteiger partial charge in [-0.1, -0.05) is 42.5 Å². The Kier molecular flexibility index (Phi) is 5.86. The average Bonchev–Trinajstić information content (AvgIpc) is 3.22. The van der Waals surface area contributed by atoms with Crippen molar-refractivity contribution in [3.05, 3.63) is 54.6 Å². The Morgan fingerprint density at radius 2 is 1.73 bits per heavy atom. The lowest BCUT2D eigenvalue weighted by Gasteiger charge is -2.16. The molecule has 0 aliphatic carbocycles. The van der Waals surface area contributed by atoms with Gasteiger partial charge in [0.15, 0.2) is 6.10 Å². The molecule has 1 aliphatic rings. The van der Waals surface area contributed by atoms with Crippen LogP contribution in [0.4, 0.5) is 0 Å². The van der Waals surface area contributed by atoms with Gasteiger partial charge >= 0.3 is 0 Å². The molecule has 0 radical (unpaired) electrons. The van der Waals surface area contributed by atoms with Crippen LogP contribution in [-0.4, -0.2) is 30.6 Å². The van der Waals surface area contributed by atoms with Gasteiger partial charge in [0.25, 0.3) is 11.8 Å². The van der Waals surface area contributed by atoms with E-state index in [1.54, 1.807) is 6.92 Å². The molecule has 3 rings (SSSR count). The van der Waals surface area contributed by atoms with Crippen LogP contribution in [0.1, 0.15) is 19.8 Å². The van der Waals surface area contributed by atoms with Gasteiger partial charge in [-0.15, -0.1) is 0 Å². The van der Waals surface area contributed by atoms with Gasteiger partial charge in [0.05, 0.1) is 0 Å². The zero-order valence-corrected chi connectivity index (χ0v) is 14.6. The van der Waals surface area contributed by atoms with E-state index in [2.05, 4.69) is 10.9 Å². The molecule has 1 fully saturated rings. The van der Waals surface area contributed by atoms with Crippen LogP contribution in [0.15, 0.2) is 54.6 Å². The Bertz CT molecular complexity index is 740. The first kappa shape index (κ1) is 17.9. The molecule has 1 saturated heterocycles. The molecule has 6 heteroatoms. The summed E-state index contributed by atoms with van der Waals surface area (Å²) in [4.78, 5) is 23.9. The topological polar surface area (TPSA) is 76.7 Å². The Morgan fingerprint density at radius 3 is 2.38 bits per heavy atom. The van der Waals surface area contributed by atoms with E-state index in [1.807, 2.05) is 54.6 Å². The van der Waals surface area contributed by atoms with E-state index in [0.29, 0.717) is 18.8 Å². The largest absolute Gasteiger partial charge is 0.481 e. The van der Waals surface area contributed by atoms with Crippen molar-refractivity contribution < 1.29 is 19.1 Å². The number of carbonyl (C=O) groups excluding carboxylic acids is 2. The van der Waals surface area contributed by atoms with Crippen LogP contribution >= 0.6 is 0 Å². The second-order valence-corrected chi connectivity index (χ2v) is 6.13. The molecule has 0 aromatic heterocycles. The van der Waals surface area contributed by atoms with Crippen LogP contribution in [0.5, 0.6) is 5.75 Å². The molecule has 6 nitrogen and oxygen atoms in total. The van der Waals surface area contributed by atoms with Crippen molar-refractivity contribution in [1.29, 1.82) is 0 Å². The summed E-state index contributed by atoms with van der Waals surface area (Å²) in [5, 5.41) is 0. The van der Waals surface area contributed by atoms with E-state index in [1.165, 1.54) is 0 Å². The maximum Gasteiger partial charge on any atom is 0.279 e. The fourth-order valence-electron chi connectivity index (χ4n) is 2.70. The van der Waals surface area contributed by atoms with Gasteiger partial charge in [-0.2, -0.15) is 0 Å². The molecule has 1 heterocycles. The van der Waals surface area contributed by atoms with E-state index < -0.39 is 18.1 Å². The third-order valence-corrected chi connectivity index (χ3v) is 4.17. The first-order chi connectivity index (χ1) is 12.6. The number of rotatable bonds is 5. The van der Waals surface area contributed by atoms with E-state index in [4.69, 9.17) is 9.47 Å². The van der Waals surface area contributed by atoms with Crippen LogP contribution < -0.4 is 15.6 Å². The van der Waals surface area contributed by atoms with Crippen LogP contribution in [0.25, 0.3) is 11.1 Å². The van der Waals surface area contributed by atoms with Gasteiger partial charge < -0.3 is 9.47 Å². The first-order valence-corrected chi connectivity index (χ1v) is 8.67. The fraction of sp³-hybridized carbons (Fsp3) is 0.300. The quantitative estimate of drug-likeness (QED) is 0.809. The lowest BCUT2D eigenvalue weighted by molar-refractivity contribution is -0.136. The monoisotopic (exact) mass is 354 g/mol. The second-order valence-electron chi connectivity index (χ2n) is 6.13. The normalized spacial score (nSPS) is 17.3. The molecule has 2 atom stereocenters. The lowest BCUT2D eigenvalue weighted by Crippen LogP contribution is -2.50. The van der Waals surface area contributed by atoms with Crippen molar-refractivity contribution >= 4 is 11.8 Å². The van der Waals surface area contributed by atoms with Gasteiger partial charge in [0.1, 0.15) is 11.9 Å². The van der Waals surface area contributed by atoms with E-state index >= 15 is 0 Å². The van der Waals surface area contributed by atoms with Crippen molar-refractivity contribution in [2.45, 2.75) is 32.0 Å². The molecule has 0 saturated carbocycles. The summed E-state index contributed by atoms with van der Waals surface area (Å²) in [6.45, 7) is 2.20. The maximum atomic E-state index is 12.1. The highest BCUT2D eigenvalue weighted by Gasteiger charge is 2.24. The number of nitrogens with one attached hydrogen (secondary N) is 2. The van der Waals surface area contributed by atoms with Crippen molar-refractivity contribution in [1.82, 2.24) is 10.9 Å². The van der Waals surface area contributed by atoms with Gasteiger partial charge in [0, 0.05) is 6.61 Å². The molecular formula is C20H22N2O4. The molecule has 2 unspecified atom stereocenters. The second kappa shape index (κ2) is 8.49. The molecule has 2 aromatic rings. The van der Waals surface area contributed by atoms with Crippen molar-refractivity contribution in [2.75, 3.05) is 6.61 Å². The number of benzene rings is 2. The van der Waals surface area contributed by atoms with E-state index in [0.717, 1.165) is 17.5 Å². The minimum Gasteiger partial charge on any atom is -0.481 e. The molecule has 2 aromatic carbocycles. The summed E-state index contributed by atoms with van der Waals surface area (Å²) in [6, 6.07) is 17.5. The molecular weight excluding hydrogens is 332 g/mol. The predicted molar refractivity (Wildman–Crippen MR) is 97.2 cm³/mol. The maximum absolute atomic E-state index is 12.1. The van der Waals surface area contributed by atoms with Crippen LogP contribution in [-0.2, 0) is 14.3 Å². The fourth-order valence-corrected chi connectivity index (χ4v) is 2.70. The highest BCUT2D eigenvalue weighted by Crippen LogP contribution is 2.22. The molecule has 136 valence electrons. The van der Waals surface area contributed by atoms with Gasteiger partial charge in [-0.05, 0) is 43.0 Å². The van der Waals surface area contributed by atoms with Gasteiger partial charge in [-0.3, -0.25) is 20.4 Å². The molecule has 26 heavy (non-hydrogen) atoms. The summed E-state index contributed by atoms with van der Waals surface area (Å²) in [5.74, 6) is -0.184. The Balaban J connectivity index is 1.49. The van der Waals surface area contributed by atoms with Gasteiger partial charge in [0.2, 0.25) is 0 Å². The number of hydrazine groups is 1. The molecule has 2 amide bonds. The van der Waals surface area contributed by atoms with Crippen molar-refractivity contribution in [2.24, 2.45) is 0 Å². The predicted octanol–water partition coefficient (Wildman–Crippen LogP) is 2.45. The number of ether oxygens (including phenoxy) is 2. The van der Waals surface area contributed by atoms with Crippen LogP contribution in [0.3, 0.4) is 0 Å². The smallest absolute Gasteiger partial charge is 0.279 e. The summed E-state index contributed by atoms with van der Waals surface area (Å²) < 4.78 is 10.9. The highest BCUT2D eigenvalue weighted by atomic mass is 16.5. The zero-order valence-electron chi connectivity index (χ0n) is 14.6. The van der Waals surface area contributed by atoms with Crippen molar-refractivity contribution in [3.63, 3.8) is 0 Å². The summed E-state index contributed by atoms with van der Waals surface area (Å²) >= 11 is 0. The number of hydrogen-bond donors (Lipinski definition) is 2. The first-order valence-electron chi connectivity index (χ1n) is 8.67. The van der Waals surface area contributed by atoms with E-state index in [9.17, 15) is 9.59 Å². The minimum absolute atomic E-state index is 0.338. The van der Waals surface area contributed by atoms with Crippen molar-refractivity contribution in [3.8, 4) is 16.9 Å². The summed E-state index contributed by atoms with van der Waals surface area (Å²) in [5.41, 5.74) is 6.93. The third-order valence-electron chi connectivity index (χ3n) is 4.17. The third kappa shape index (κ3) is 4.61. The molecule has 0 spiro atoms. The zero-order chi connectivity index (χ0) is 18.4. The van der Waals surface area contributed by atoms with Crippen LogP contribution in [0, 0.1) is 0 Å². The summed E-state index contributed by atoms with van der Waals surface area (Å²) in [7, 11) is 0. The summed E-state index contributed by atoms with van der Waals surface area (Å²) in [6.07, 6.45) is 0.283. The Morgan fingerprint density at radius 1 is 1.04 bits per heavy atom. The van der Waals surface area contributed by atoms with Crippen LogP contribution in [0.2, 0.25) is 0 Å². The highest BCUT2D eigenvalue weighted by molar-refractivity contribution is 5.86. The SMILES string of the molecule is CC(Oc1ccc(-c2ccccc2)cc1)C(=O)NNC(=O)C1CCCO1. The Hall–Kier alpha value is -2.86. The van der Waals surface area contributed by atoms with E-state index in [-0.39, 0.29) is 5.91 Å². The molecule has 0 bridgehead atoms. The number of carbonyl (C=O) groups is 2. The Labute approximate surface area is 152 Å². The minimum atomic E-state index is -0.748. The van der Waals surface area contributed by atoms with Gasteiger partial charge in [-0.25, -0.2) is 0 Å². The lowest BCUT2D eigenvalue weighted by atomic mass is 10.1. The number of hydrogen-bond acceptors (Lipinski definition) is 4. The molecule has 1 aliphatic heterocycles. The molecule has 2 N–H and O–H groups in total.